The second-order valence-electron chi connectivity index (χ2n) is 4.66. The Balaban J connectivity index is 2.23. The molecule has 1 amide bonds. The van der Waals surface area contributed by atoms with E-state index in [1.807, 2.05) is 0 Å². The van der Waals surface area contributed by atoms with Gasteiger partial charge in [0.05, 0.1) is 21.3 Å². The van der Waals surface area contributed by atoms with E-state index in [2.05, 4.69) is 10.4 Å². The fourth-order valence-corrected chi connectivity index (χ4v) is 2.06. The Kier molecular flexibility index (Phi) is 5.25. The molecular weight excluding hydrogens is 318 g/mol. The summed E-state index contributed by atoms with van der Waals surface area (Å²) < 4.78 is 16.8. The molecule has 0 bridgehead atoms. The first-order valence-electron chi connectivity index (χ1n) is 6.85. The van der Waals surface area contributed by atoms with Crippen LogP contribution in [0.2, 0.25) is 0 Å². The zero-order valence-electron chi connectivity index (χ0n) is 13.4. The summed E-state index contributed by atoms with van der Waals surface area (Å²) in [5.41, 5.74) is 0.275. The Bertz CT molecular complexity index is 730. The number of amides is 1. The Morgan fingerprint density at radius 2 is 1.79 bits per heavy atom. The van der Waals surface area contributed by atoms with Gasteiger partial charge in [0.1, 0.15) is 6.54 Å². The Morgan fingerprint density at radius 1 is 1.17 bits per heavy atom. The Labute approximate surface area is 137 Å². The predicted octanol–water partition coefficient (Wildman–Crippen LogP) is 1.25. The van der Waals surface area contributed by atoms with E-state index in [1.54, 1.807) is 0 Å². The van der Waals surface area contributed by atoms with Gasteiger partial charge < -0.3 is 24.6 Å². The number of aliphatic carboxylic acids is 1. The van der Waals surface area contributed by atoms with Crippen molar-refractivity contribution in [2.45, 2.75) is 6.54 Å². The van der Waals surface area contributed by atoms with Gasteiger partial charge in [-0.15, -0.1) is 0 Å². The first-order valence-corrected chi connectivity index (χ1v) is 6.85. The summed E-state index contributed by atoms with van der Waals surface area (Å²) in [6, 6.07) is 4.51. The lowest BCUT2D eigenvalue weighted by atomic mass is 10.1. The molecule has 24 heavy (non-hydrogen) atoms. The molecule has 0 saturated heterocycles. The smallest absolute Gasteiger partial charge is 0.325 e. The second-order valence-corrected chi connectivity index (χ2v) is 4.66. The van der Waals surface area contributed by atoms with Crippen LogP contribution in [0.3, 0.4) is 0 Å². The van der Waals surface area contributed by atoms with Crippen LogP contribution in [0.15, 0.2) is 24.4 Å². The fourth-order valence-electron chi connectivity index (χ4n) is 2.06. The van der Waals surface area contributed by atoms with Gasteiger partial charge in [-0.05, 0) is 12.1 Å². The number of aromatic nitrogens is 2. The molecule has 0 spiro atoms. The number of benzene rings is 1. The lowest BCUT2D eigenvalue weighted by Crippen LogP contribution is -2.14. The number of carbonyl (C=O) groups excluding carboxylic acids is 1. The molecule has 0 radical (unpaired) electrons. The van der Waals surface area contributed by atoms with Crippen molar-refractivity contribution in [3.8, 4) is 17.2 Å². The quantitative estimate of drug-likeness (QED) is 0.783. The van der Waals surface area contributed by atoms with Crippen molar-refractivity contribution in [1.82, 2.24) is 9.78 Å². The summed E-state index contributed by atoms with van der Waals surface area (Å²) in [7, 11) is 4.37. The largest absolute Gasteiger partial charge is 0.493 e. The van der Waals surface area contributed by atoms with Gasteiger partial charge in [-0.3, -0.25) is 14.3 Å². The molecule has 9 nitrogen and oxygen atoms in total. The van der Waals surface area contributed by atoms with E-state index in [0.717, 1.165) is 0 Å². The number of carboxylic acids is 1. The minimum absolute atomic E-state index is 0.231. The summed E-state index contributed by atoms with van der Waals surface area (Å²) in [6.45, 7) is -0.292. The number of hydrogen-bond donors (Lipinski definition) is 2. The summed E-state index contributed by atoms with van der Waals surface area (Å²) in [5.74, 6) is -0.176. The summed E-state index contributed by atoms with van der Waals surface area (Å²) in [6.07, 6.45) is 1.46. The average Bonchev–Trinajstić information content (AvgIpc) is 2.99. The van der Waals surface area contributed by atoms with Crippen molar-refractivity contribution >= 4 is 17.7 Å². The highest BCUT2D eigenvalue weighted by atomic mass is 16.5. The van der Waals surface area contributed by atoms with E-state index in [-0.39, 0.29) is 17.9 Å². The number of anilines is 1. The number of carboxylic acid groups (broad SMARTS) is 1. The van der Waals surface area contributed by atoms with Crippen molar-refractivity contribution in [3.05, 3.63) is 30.0 Å². The van der Waals surface area contributed by atoms with Gasteiger partial charge in [0, 0.05) is 17.8 Å². The van der Waals surface area contributed by atoms with Gasteiger partial charge >= 0.3 is 5.97 Å². The molecule has 9 heteroatoms. The van der Waals surface area contributed by atoms with Crippen LogP contribution in [-0.4, -0.2) is 48.1 Å². The van der Waals surface area contributed by atoms with E-state index >= 15 is 0 Å². The van der Waals surface area contributed by atoms with Crippen molar-refractivity contribution in [3.63, 3.8) is 0 Å². The van der Waals surface area contributed by atoms with Gasteiger partial charge in [-0.25, -0.2) is 0 Å². The average molecular weight is 335 g/mol. The van der Waals surface area contributed by atoms with Gasteiger partial charge in [0.25, 0.3) is 5.91 Å². The van der Waals surface area contributed by atoms with Crippen molar-refractivity contribution < 1.29 is 28.9 Å². The number of hydrogen-bond acceptors (Lipinski definition) is 6. The van der Waals surface area contributed by atoms with Crippen LogP contribution in [-0.2, 0) is 11.3 Å². The van der Waals surface area contributed by atoms with Crippen molar-refractivity contribution in [2.75, 3.05) is 26.6 Å². The highest BCUT2D eigenvalue weighted by Gasteiger charge is 2.17. The zero-order chi connectivity index (χ0) is 17.7. The molecular formula is C15H17N3O6. The third kappa shape index (κ3) is 3.75. The first kappa shape index (κ1) is 17.1. The van der Waals surface area contributed by atoms with Crippen LogP contribution in [0.4, 0.5) is 5.82 Å². The van der Waals surface area contributed by atoms with Gasteiger partial charge in [0.15, 0.2) is 17.3 Å². The molecule has 0 atom stereocenters. The molecule has 0 aliphatic rings. The fraction of sp³-hybridized carbons (Fsp3) is 0.267. The van der Waals surface area contributed by atoms with Crippen LogP contribution in [0, 0.1) is 0 Å². The van der Waals surface area contributed by atoms with E-state index in [1.165, 1.54) is 50.4 Å². The van der Waals surface area contributed by atoms with Crippen LogP contribution in [0.25, 0.3) is 0 Å². The summed E-state index contributed by atoms with van der Waals surface area (Å²) in [4.78, 5) is 23.0. The van der Waals surface area contributed by atoms with Crippen LogP contribution in [0.5, 0.6) is 17.2 Å². The van der Waals surface area contributed by atoms with Gasteiger partial charge in [-0.1, -0.05) is 0 Å². The maximum absolute atomic E-state index is 12.4. The number of methoxy groups -OCH3 is 3. The molecule has 0 saturated carbocycles. The molecule has 1 heterocycles. The van der Waals surface area contributed by atoms with Crippen LogP contribution >= 0.6 is 0 Å². The zero-order valence-corrected chi connectivity index (χ0v) is 13.4. The summed E-state index contributed by atoms with van der Waals surface area (Å²) in [5, 5.41) is 15.2. The van der Waals surface area contributed by atoms with Crippen molar-refractivity contribution in [2.24, 2.45) is 0 Å². The minimum atomic E-state index is -1.03. The maximum Gasteiger partial charge on any atom is 0.325 e. The van der Waals surface area contributed by atoms with Crippen molar-refractivity contribution in [1.29, 1.82) is 0 Å². The molecule has 2 aromatic rings. The van der Waals surface area contributed by atoms with Gasteiger partial charge in [0.2, 0.25) is 5.75 Å². The number of nitrogens with one attached hydrogen (secondary N) is 1. The predicted molar refractivity (Wildman–Crippen MR) is 83.9 cm³/mol. The standard InChI is InChI=1S/C15H17N3O6/c1-22-10-6-9(7-11(23-2)14(10)24-3)15(21)16-12-4-5-18(17-12)8-13(19)20/h4-7H,8H2,1-3H3,(H,19,20)(H,16,17,21). The molecule has 128 valence electrons. The van der Waals surface area contributed by atoms with E-state index in [4.69, 9.17) is 19.3 Å². The third-order valence-corrected chi connectivity index (χ3v) is 3.11. The van der Waals surface area contributed by atoms with Gasteiger partial charge in [-0.2, -0.15) is 5.10 Å². The monoisotopic (exact) mass is 335 g/mol. The molecule has 2 N–H and O–H groups in total. The summed E-state index contributed by atoms with van der Waals surface area (Å²) >= 11 is 0. The molecule has 2 rings (SSSR count). The third-order valence-electron chi connectivity index (χ3n) is 3.11. The molecule has 1 aromatic heterocycles. The number of rotatable bonds is 7. The Morgan fingerprint density at radius 3 is 2.29 bits per heavy atom. The number of carbonyl (C=O) groups is 2. The maximum atomic E-state index is 12.4. The normalized spacial score (nSPS) is 10.1. The topological polar surface area (TPSA) is 112 Å². The SMILES string of the molecule is COc1cc(C(=O)Nc2ccn(CC(=O)O)n2)cc(OC)c1OC. The van der Waals surface area contributed by atoms with E-state index in [0.29, 0.717) is 17.2 Å². The minimum Gasteiger partial charge on any atom is -0.493 e. The molecule has 0 aliphatic carbocycles. The molecule has 1 aromatic carbocycles. The highest BCUT2D eigenvalue weighted by Crippen LogP contribution is 2.38. The number of ether oxygens (including phenoxy) is 3. The first-order chi connectivity index (χ1) is 11.5. The molecule has 0 fully saturated rings. The van der Waals surface area contributed by atoms with E-state index < -0.39 is 11.9 Å². The van der Waals surface area contributed by atoms with Crippen LogP contribution in [0.1, 0.15) is 10.4 Å². The number of nitrogens with zero attached hydrogens (tertiary/aromatic N) is 2. The molecule has 0 unspecified atom stereocenters. The Hall–Kier alpha value is -3.23. The van der Waals surface area contributed by atoms with E-state index in [9.17, 15) is 9.59 Å². The second kappa shape index (κ2) is 7.36. The molecule has 0 aliphatic heterocycles. The highest BCUT2D eigenvalue weighted by molar-refractivity contribution is 6.04. The van der Waals surface area contributed by atoms with Crippen LogP contribution < -0.4 is 19.5 Å². The lowest BCUT2D eigenvalue weighted by Gasteiger charge is -2.13. The lowest BCUT2D eigenvalue weighted by molar-refractivity contribution is -0.137.